The normalized spacial score (nSPS) is 16.3. The van der Waals surface area contributed by atoms with E-state index < -0.39 is 4.92 Å². The van der Waals surface area contributed by atoms with Crippen LogP contribution in [0.4, 0.5) is 5.82 Å². The van der Waals surface area contributed by atoms with E-state index in [-0.39, 0.29) is 12.4 Å². The maximum absolute atomic E-state index is 11.0. The fourth-order valence-electron chi connectivity index (χ4n) is 3.35. The predicted molar refractivity (Wildman–Crippen MR) is 120 cm³/mol. The molecule has 0 fully saturated rings. The van der Waals surface area contributed by atoms with Gasteiger partial charge in [-0.2, -0.15) is 0 Å². The summed E-state index contributed by atoms with van der Waals surface area (Å²) < 4.78 is 8.40. The summed E-state index contributed by atoms with van der Waals surface area (Å²) in [5.74, 6) is 2.12. The first kappa shape index (κ1) is 19.0. The second kappa shape index (κ2) is 7.37. The molecule has 2 aromatic heterocycles. The molecular weight excluding hydrogens is 422 g/mol. The van der Waals surface area contributed by atoms with Crippen LogP contribution in [0.5, 0.6) is 5.75 Å². The van der Waals surface area contributed by atoms with Gasteiger partial charge in [0.05, 0.1) is 23.3 Å². The number of fused-ring (bicyclic) bond motifs is 3. The third-order valence-corrected chi connectivity index (χ3v) is 7.40. The lowest BCUT2D eigenvalue weighted by atomic mass is 10.1. The highest BCUT2D eigenvalue weighted by atomic mass is 32.2. The molecule has 1 atom stereocenters. The van der Waals surface area contributed by atoms with E-state index in [0.29, 0.717) is 17.6 Å². The Balaban J connectivity index is 1.42. The third-order valence-electron chi connectivity index (χ3n) is 4.94. The molecule has 3 heterocycles. The van der Waals surface area contributed by atoms with Crippen molar-refractivity contribution in [2.24, 2.45) is 12.0 Å². The number of imidazole rings is 1. The first-order chi connectivity index (χ1) is 14.5. The highest BCUT2D eigenvalue weighted by Gasteiger charge is 2.20. The fraction of sp³-hybridized carbons (Fsp3) is 0.250. The van der Waals surface area contributed by atoms with Crippen LogP contribution < -0.4 is 4.74 Å². The molecule has 4 aromatic rings. The van der Waals surface area contributed by atoms with E-state index >= 15 is 0 Å². The molecule has 8 nitrogen and oxygen atoms in total. The number of aliphatic imine (C=N–C) groups is 1. The van der Waals surface area contributed by atoms with Crippen LogP contribution in [0.3, 0.4) is 0 Å². The molecule has 30 heavy (non-hydrogen) atoms. The number of ether oxygens (including phenoxy) is 1. The molecule has 10 heteroatoms. The fourth-order valence-corrected chi connectivity index (χ4v) is 5.54. The molecule has 0 radical (unpaired) electrons. The monoisotopic (exact) mass is 439 g/mol. The van der Waals surface area contributed by atoms with Gasteiger partial charge in [-0.05, 0) is 41.5 Å². The number of thiazole rings is 1. The number of thioether (sulfide) groups is 1. The van der Waals surface area contributed by atoms with Gasteiger partial charge in [0.1, 0.15) is 22.0 Å². The first-order valence-corrected chi connectivity index (χ1v) is 11.1. The SMILES string of the molecule is C[C@H]1CSC(c2nc3ccc4cc(OCc5ncc([N+](=O)[O-])n5C)ccc4c3s2)=N1. The maximum Gasteiger partial charge on any atom is 0.342 e. The number of hydrogen-bond donors (Lipinski definition) is 0. The number of nitro groups is 1. The molecule has 0 bridgehead atoms. The van der Waals surface area contributed by atoms with Gasteiger partial charge in [0.15, 0.2) is 6.61 Å². The van der Waals surface area contributed by atoms with Crippen molar-refractivity contribution in [3.05, 3.63) is 57.5 Å². The Morgan fingerprint density at radius 3 is 2.93 bits per heavy atom. The highest BCUT2D eigenvalue weighted by molar-refractivity contribution is 8.15. The average Bonchev–Trinajstić information content (AvgIpc) is 3.44. The minimum atomic E-state index is -0.461. The molecule has 5 rings (SSSR count). The van der Waals surface area contributed by atoms with Crippen LogP contribution >= 0.6 is 23.1 Å². The Labute approximate surface area is 179 Å². The lowest BCUT2D eigenvalue weighted by Crippen LogP contribution is -2.05. The summed E-state index contributed by atoms with van der Waals surface area (Å²) in [7, 11) is 1.61. The molecule has 0 saturated heterocycles. The standard InChI is InChI=1S/C20H17N5O3S2/c1-11-10-29-19(22-11)20-23-15-6-3-12-7-13(4-5-14(12)18(15)30-20)28-9-16-21-8-17(24(16)2)25(26)27/h3-8,11H,9-10H2,1-2H3/t11-/m0/s1. The van der Waals surface area contributed by atoms with E-state index in [9.17, 15) is 10.1 Å². The third kappa shape index (κ3) is 3.31. The molecule has 0 N–H and O–H groups in total. The molecular formula is C20H17N5O3S2. The lowest BCUT2D eigenvalue weighted by molar-refractivity contribution is -0.391. The summed E-state index contributed by atoms with van der Waals surface area (Å²) in [5.41, 5.74) is 0.972. The van der Waals surface area contributed by atoms with Gasteiger partial charge in [0.2, 0.25) is 5.82 Å². The lowest BCUT2D eigenvalue weighted by Gasteiger charge is -2.06. The van der Waals surface area contributed by atoms with E-state index in [1.807, 2.05) is 30.3 Å². The van der Waals surface area contributed by atoms with E-state index in [0.717, 1.165) is 36.8 Å². The van der Waals surface area contributed by atoms with Gasteiger partial charge < -0.3 is 14.9 Å². The highest BCUT2D eigenvalue weighted by Crippen LogP contribution is 2.35. The van der Waals surface area contributed by atoms with Crippen molar-refractivity contribution in [3.8, 4) is 5.75 Å². The number of aromatic nitrogens is 3. The Morgan fingerprint density at radius 2 is 2.20 bits per heavy atom. The molecule has 0 saturated carbocycles. The van der Waals surface area contributed by atoms with Crippen LogP contribution in [0, 0.1) is 10.1 Å². The molecule has 2 aromatic carbocycles. The average molecular weight is 440 g/mol. The first-order valence-electron chi connectivity index (χ1n) is 9.31. The van der Waals surface area contributed by atoms with E-state index in [1.54, 1.807) is 30.1 Å². The van der Waals surface area contributed by atoms with Gasteiger partial charge in [-0.15, -0.1) is 23.1 Å². The minimum absolute atomic E-state index is 0.0603. The van der Waals surface area contributed by atoms with E-state index in [1.165, 1.54) is 10.8 Å². The van der Waals surface area contributed by atoms with Crippen LogP contribution in [0.1, 0.15) is 17.8 Å². The van der Waals surface area contributed by atoms with E-state index in [4.69, 9.17) is 9.72 Å². The van der Waals surface area contributed by atoms with Crippen molar-refractivity contribution in [1.29, 1.82) is 0 Å². The van der Waals surface area contributed by atoms with Gasteiger partial charge in [-0.1, -0.05) is 6.07 Å². The van der Waals surface area contributed by atoms with Crippen molar-refractivity contribution < 1.29 is 9.66 Å². The number of nitrogens with zero attached hydrogens (tertiary/aromatic N) is 5. The molecule has 152 valence electrons. The zero-order valence-corrected chi connectivity index (χ0v) is 17.9. The van der Waals surface area contributed by atoms with Gasteiger partial charge >= 0.3 is 5.82 Å². The molecule has 0 spiro atoms. The summed E-state index contributed by atoms with van der Waals surface area (Å²) in [6.07, 6.45) is 1.24. The van der Waals surface area contributed by atoms with Crippen molar-refractivity contribution in [3.63, 3.8) is 0 Å². The van der Waals surface area contributed by atoms with E-state index in [2.05, 4.69) is 16.9 Å². The van der Waals surface area contributed by atoms with Gasteiger partial charge in [0.25, 0.3) is 0 Å². The Bertz CT molecular complexity index is 1330. The zero-order chi connectivity index (χ0) is 20.8. The molecule has 0 unspecified atom stereocenters. The van der Waals surface area contributed by atoms with Crippen LogP contribution in [-0.2, 0) is 13.7 Å². The Kier molecular flexibility index (Phi) is 4.67. The van der Waals surface area contributed by atoms with Gasteiger partial charge in [-0.25, -0.2) is 14.5 Å². The second-order valence-corrected chi connectivity index (χ2v) is 9.06. The summed E-state index contributed by atoms with van der Waals surface area (Å²) >= 11 is 3.43. The van der Waals surface area contributed by atoms with Crippen LogP contribution in [0.2, 0.25) is 0 Å². The molecule has 0 aliphatic carbocycles. The number of hydrogen-bond acceptors (Lipinski definition) is 8. The van der Waals surface area contributed by atoms with Crippen molar-refractivity contribution in [2.45, 2.75) is 19.6 Å². The number of benzene rings is 2. The van der Waals surface area contributed by atoms with Crippen molar-refractivity contribution in [2.75, 3.05) is 5.75 Å². The molecule has 0 amide bonds. The summed E-state index contributed by atoms with van der Waals surface area (Å²) in [6.45, 7) is 2.27. The van der Waals surface area contributed by atoms with Gasteiger partial charge in [0, 0.05) is 11.1 Å². The van der Waals surface area contributed by atoms with Gasteiger partial charge in [-0.3, -0.25) is 4.99 Å². The smallest absolute Gasteiger partial charge is 0.342 e. The molecule has 1 aliphatic rings. The number of rotatable bonds is 5. The maximum atomic E-state index is 11.0. The second-order valence-electron chi connectivity index (χ2n) is 7.05. The largest absolute Gasteiger partial charge is 0.483 e. The quantitative estimate of drug-likeness (QED) is 0.334. The Hall–Kier alpha value is -2.98. The zero-order valence-electron chi connectivity index (χ0n) is 16.2. The van der Waals surface area contributed by atoms with Crippen molar-refractivity contribution in [1.82, 2.24) is 14.5 Å². The Morgan fingerprint density at radius 1 is 1.33 bits per heavy atom. The summed E-state index contributed by atoms with van der Waals surface area (Å²) in [5, 5.41) is 15.1. The summed E-state index contributed by atoms with van der Waals surface area (Å²) in [4.78, 5) is 24.0. The topological polar surface area (TPSA) is 95.4 Å². The summed E-state index contributed by atoms with van der Waals surface area (Å²) in [6, 6.07) is 10.3. The van der Waals surface area contributed by atoms with Crippen LogP contribution in [0.25, 0.3) is 21.0 Å². The van der Waals surface area contributed by atoms with Crippen molar-refractivity contribution >= 4 is 54.9 Å². The molecule has 1 aliphatic heterocycles. The van der Waals surface area contributed by atoms with Crippen LogP contribution in [-0.4, -0.2) is 36.3 Å². The van der Waals surface area contributed by atoms with Crippen LogP contribution in [0.15, 0.2) is 41.5 Å². The predicted octanol–water partition coefficient (Wildman–Crippen LogP) is 4.55. The minimum Gasteiger partial charge on any atom is -0.483 e.